The number of carbonyl (C=O) groups is 2. The maximum atomic E-state index is 13.2. The van der Waals surface area contributed by atoms with E-state index in [1.54, 1.807) is 6.07 Å². The zero-order valence-electron chi connectivity index (χ0n) is 19.0. The van der Waals surface area contributed by atoms with Crippen LogP contribution in [0.1, 0.15) is 30.9 Å². The second-order valence-corrected chi connectivity index (χ2v) is 8.16. The van der Waals surface area contributed by atoms with Crippen LogP contribution in [0.2, 0.25) is 0 Å². The van der Waals surface area contributed by atoms with Gasteiger partial charge in [-0.1, -0.05) is 43.0 Å². The fourth-order valence-electron chi connectivity index (χ4n) is 3.77. The lowest BCUT2D eigenvalue weighted by atomic mass is 9.88. The summed E-state index contributed by atoms with van der Waals surface area (Å²) < 4.78 is 10.3. The summed E-state index contributed by atoms with van der Waals surface area (Å²) in [5.74, 6) is -0.247. The van der Waals surface area contributed by atoms with Crippen molar-refractivity contribution in [1.29, 1.82) is 10.5 Å². The highest BCUT2D eigenvalue weighted by Crippen LogP contribution is 2.23. The van der Waals surface area contributed by atoms with Crippen molar-refractivity contribution in [2.45, 2.75) is 37.8 Å². The number of carbonyl (C=O) groups excluding carboxylic acids is 2. The molecule has 2 N–H and O–H groups in total. The van der Waals surface area contributed by atoms with Gasteiger partial charge in [0, 0.05) is 32.5 Å². The second-order valence-electron chi connectivity index (χ2n) is 8.16. The summed E-state index contributed by atoms with van der Waals surface area (Å²) in [6.45, 7) is 5.66. The van der Waals surface area contributed by atoms with Crippen molar-refractivity contribution in [1.82, 2.24) is 10.6 Å². The summed E-state index contributed by atoms with van der Waals surface area (Å²) in [5.41, 5.74) is 2.08. The van der Waals surface area contributed by atoms with E-state index in [0.717, 1.165) is 16.7 Å². The number of alkyl carbamates (subject to hydrolysis) is 1. The van der Waals surface area contributed by atoms with E-state index in [-0.39, 0.29) is 18.6 Å². The van der Waals surface area contributed by atoms with Crippen molar-refractivity contribution in [3.05, 3.63) is 72.0 Å². The molecular formula is C26H26N4O4. The third-order valence-electron chi connectivity index (χ3n) is 5.57. The van der Waals surface area contributed by atoms with Gasteiger partial charge >= 0.3 is 6.09 Å². The Kier molecular flexibility index (Phi) is 8.02. The van der Waals surface area contributed by atoms with Crippen molar-refractivity contribution in [3.8, 4) is 23.3 Å². The van der Waals surface area contributed by atoms with Crippen LogP contribution in [-0.4, -0.2) is 36.8 Å². The number of rotatable bonds is 7. The average Bonchev–Trinajstić information content (AvgIpc) is 2.84. The molecule has 0 unspecified atom stereocenters. The normalized spacial score (nSPS) is 15.1. The maximum absolute atomic E-state index is 13.2. The Bertz CT molecular complexity index is 1140. The molecular weight excluding hydrogens is 432 g/mol. The topological polar surface area (TPSA) is 124 Å². The van der Waals surface area contributed by atoms with Crippen LogP contribution in [0.4, 0.5) is 4.79 Å². The van der Waals surface area contributed by atoms with E-state index in [9.17, 15) is 14.9 Å². The molecule has 0 spiro atoms. The Labute approximate surface area is 198 Å². The molecule has 0 aromatic heterocycles. The number of hydrogen-bond donors (Lipinski definition) is 2. The lowest BCUT2D eigenvalue weighted by Crippen LogP contribution is -2.62. The van der Waals surface area contributed by atoms with E-state index in [4.69, 9.17) is 14.7 Å². The molecule has 1 heterocycles. The minimum absolute atomic E-state index is 0.206. The number of allylic oxidation sites excluding steroid dienone is 1. The molecule has 8 heteroatoms. The van der Waals surface area contributed by atoms with Gasteiger partial charge in [-0.3, -0.25) is 4.79 Å². The maximum Gasteiger partial charge on any atom is 0.413 e. The third-order valence-corrected chi connectivity index (χ3v) is 5.57. The zero-order chi connectivity index (χ0) is 24.6. The molecule has 1 saturated heterocycles. The number of ether oxygens (including phenoxy) is 2. The number of benzene rings is 2. The third kappa shape index (κ3) is 6.22. The number of nitriles is 2. The first kappa shape index (κ1) is 24.5. The summed E-state index contributed by atoms with van der Waals surface area (Å²) >= 11 is 0. The summed E-state index contributed by atoms with van der Waals surface area (Å²) in [6.07, 6.45) is 0.0511. The fraction of sp³-hybridized carbons (Fsp3) is 0.308. The van der Waals surface area contributed by atoms with Gasteiger partial charge in [-0.05, 0) is 35.7 Å². The molecule has 2 amide bonds. The average molecular weight is 459 g/mol. The standard InChI is InChI=1S/C26H26N4O4/c1-18(2)34-25(32)30-26(10-12-33-13-11-26)24(31)29-23(17-28)15-19-6-8-21(9-7-19)22-5-3-4-20(14-22)16-27/h3-9,14,23H,1,10-13,15H2,2H3,(H,29,31)(H,30,32)/t23-/m0/s1. The molecule has 0 aliphatic carbocycles. The van der Waals surface area contributed by atoms with Gasteiger partial charge < -0.3 is 20.1 Å². The molecule has 1 aliphatic rings. The van der Waals surface area contributed by atoms with Crippen LogP contribution in [0.25, 0.3) is 11.1 Å². The minimum atomic E-state index is -1.23. The van der Waals surface area contributed by atoms with Crippen LogP contribution in [0.15, 0.2) is 60.9 Å². The van der Waals surface area contributed by atoms with Crippen molar-refractivity contribution < 1.29 is 19.1 Å². The quantitative estimate of drug-likeness (QED) is 0.611. The predicted molar refractivity (Wildman–Crippen MR) is 125 cm³/mol. The zero-order valence-corrected chi connectivity index (χ0v) is 19.0. The van der Waals surface area contributed by atoms with Crippen molar-refractivity contribution in [3.63, 3.8) is 0 Å². The van der Waals surface area contributed by atoms with Gasteiger partial charge in [-0.25, -0.2) is 4.79 Å². The van der Waals surface area contributed by atoms with E-state index in [2.05, 4.69) is 29.4 Å². The van der Waals surface area contributed by atoms with Gasteiger partial charge in [0.25, 0.3) is 0 Å². The highest BCUT2D eigenvalue weighted by atomic mass is 16.6. The predicted octanol–water partition coefficient (Wildman–Crippen LogP) is 3.59. The summed E-state index contributed by atoms with van der Waals surface area (Å²) in [5, 5.41) is 24.2. The first-order valence-electron chi connectivity index (χ1n) is 10.9. The van der Waals surface area contributed by atoms with Gasteiger partial charge in [-0.2, -0.15) is 10.5 Å². The van der Waals surface area contributed by atoms with Gasteiger partial charge in [0.15, 0.2) is 0 Å². The Morgan fingerprint density at radius 3 is 2.47 bits per heavy atom. The van der Waals surface area contributed by atoms with Crippen LogP contribution in [0.3, 0.4) is 0 Å². The molecule has 34 heavy (non-hydrogen) atoms. The monoisotopic (exact) mass is 458 g/mol. The first-order chi connectivity index (χ1) is 16.3. The molecule has 1 atom stereocenters. The van der Waals surface area contributed by atoms with Gasteiger partial charge in [0.2, 0.25) is 5.91 Å². The Morgan fingerprint density at radius 1 is 1.15 bits per heavy atom. The SMILES string of the molecule is C=C(C)OC(=O)NC1(C(=O)N[C@H](C#N)Cc2ccc(-c3cccc(C#N)c3)cc2)CCOCC1. The van der Waals surface area contributed by atoms with Crippen LogP contribution in [0.5, 0.6) is 0 Å². The largest absolute Gasteiger partial charge is 0.416 e. The summed E-state index contributed by atoms with van der Waals surface area (Å²) in [6, 6.07) is 18.4. The molecule has 0 saturated carbocycles. The van der Waals surface area contributed by atoms with E-state index >= 15 is 0 Å². The van der Waals surface area contributed by atoms with E-state index < -0.39 is 23.6 Å². The Balaban J connectivity index is 1.69. The van der Waals surface area contributed by atoms with Crippen molar-refractivity contribution >= 4 is 12.0 Å². The van der Waals surface area contributed by atoms with E-state index in [0.29, 0.717) is 25.2 Å². The van der Waals surface area contributed by atoms with Crippen molar-refractivity contribution in [2.24, 2.45) is 0 Å². The van der Waals surface area contributed by atoms with Crippen LogP contribution >= 0.6 is 0 Å². The minimum Gasteiger partial charge on any atom is -0.416 e. The molecule has 1 aliphatic heterocycles. The first-order valence-corrected chi connectivity index (χ1v) is 10.9. The smallest absolute Gasteiger partial charge is 0.413 e. The Hall–Kier alpha value is -4.14. The van der Waals surface area contributed by atoms with E-state index in [1.165, 1.54) is 6.92 Å². The lowest BCUT2D eigenvalue weighted by molar-refractivity contribution is -0.131. The van der Waals surface area contributed by atoms with Crippen LogP contribution < -0.4 is 10.6 Å². The number of nitrogens with zero attached hydrogens (tertiary/aromatic N) is 2. The van der Waals surface area contributed by atoms with Crippen LogP contribution in [-0.2, 0) is 20.7 Å². The molecule has 1 fully saturated rings. The molecule has 8 nitrogen and oxygen atoms in total. The Morgan fingerprint density at radius 2 is 1.85 bits per heavy atom. The summed E-state index contributed by atoms with van der Waals surface area (Å²) in [4.78, 5) is 25.3. The molecule has 0 bridgehead atoms. The highest BCUT2D eigenvalue weighted by molar-refractivity contribution is 5.90. The number of hydrogen-bond acceptors (Lipinski definition) is 6. The van der Waals surface area contributed by atoms with E-state index in [1.807, 2.05) is 42.5 Å². The summed E-state index contributed by atoms with van der Waals surface area (Å²) in [7, 11) is 0. The molecule has 2 aromatic carbocycles. The van der Waals surface area contributed by atoms with Gasteiger partial charge in [-0.15, -0.1) is 0 Å². The van der Waals surface area contributed by atoms with Gasteiger partial charge in [0.1, 0.15) is 11.6 Å². The highest BCUT2D eigenvalue weighted by Gasteiger charge is 2.42. The second kappa shape index (κ2) is 11.1. The molecule has 3 rings (SSSR count). The lowest BCUT2D eigenvalue weighted by Gasteiger charge is -2.36. The number of amides is 2. The molecule has 2 aromatic rings. The molecule has 0 radical (unpaired) electrons. The van der Waals surface area contributed by atoms with Crippen molar-refractivity contribution in [2.75, 3.05) is 13.2 Å². The van der Waals surface area contributed by atoms with Gasteiger partial charge in [0.05, 0.1) is 23.5 Å². The molecule has 174 valence electrons. The van der Waals surface area contributed by atoms with Crippen LogP contribution in [0, 0.1) is 22.7 Å². The fourth-order valence-corrected chi connectivity index (χ4v) is 3.77. The number of nitrogens with one attached hydrogen (secondary N) is 2.